The van der Waals surface area contributed by atoms with E-state index in [0.717, 1.165) is 38.5 Å². The van der Waals surface area contributed by atoms with Gasteiger partial charge in [-0.2, -0.15) is 0 Å². The first-order valence-corrected chi connectivity index (χ1v) is 10.6. The Bertz CT molecular complexity index is 452. The molecule has 0 saturated carbocycles. The van der Waals surface area contributed by atoms with Crippen LogP contribution in [0.15, 0.2) is 0 Å². The summed E-state index contributed by atoms with van der Waals surface area (Å²) in [6.07, 6.45) is 5.25. The third kappa shape index (κ3) is 9.59. The molecule has 0 N–H and O–H groups in total. The summed E-state index contributed by atoms with van der Waals surface area (Å²) in [7, 11) is 0. The van der Waals surface area contributed by atoms with Crippen LogP contribution in [0.5, 0.6) is 0 Å². The molecule has 0 aliphatic carbocycles. The molecule has 0 aliphatic rings. The standard InChI is InChI=1S/C23H44O4.K.H/c1-11-13-15-22(9,20(3,4)5)26-18(24)17-19(25)27-23(10,16-14-12-2)21(6,7)8;;/h11-17H2,1-10H3;;/q;+1;-1. The summed E-state index contributed by atoms with van der Waals surface area (Å²) in [5.74, 6) is -0.999. The van der Waals surface area contributed by atoms with Crippen molar-refractivity contribution in [3.05, 3.63) is 0 Å². The molecule has 0 aromatic rings. The summed E-state index contributed by atoms with van der Waals surface area (Å²) in [6, 6.07) is 0. The van der Waals surface area contributed by atoms with Gasteiger partial charge in [0, 0.05) is 10.8 Å². The molecule has 4 nitrogen and oxygen atoms in total. The van der Waals surface area contributed by atoms with Crippen LogP contribution < -0.4 is 51.4 Å². The second-order valence-corrected chi connectivity index (χ2v) is 10.3. The van der Waals surface area contributed by atoms with E-state index in [-0.39, 0.29) is 70.1 Å². The Hall–Kier alpha value is 0.576. The molecule has 162 valence electrons. The minimum atomic E-state index is -0.601. The molecule has 0 aromatic carbocycles. The second kappa shape index (κ2) is 12.4. The van der Waals surface area contributed by atoms with E-state index in [1.807, 2.05) is 13.8 Å². The Kier molecular flexibility index (Phi) is 13.7. The van der Waals surface area contributed by atoms with E-state index in [1.165, 1.54) is 0 Å². The molecule has 0 aromatic heterocycles. The van der Waals surface area contributed by atoms with E-state index in [4.69, 9.17) is 9.47 Å². The van der Waals surface area contributed by atoms with Gasteiger partial charge in [0.25, 0.3) is 0 Å². The molecule has 0 radical (unpaired) electrons. The van der Waals surface area contributed by atoms with Gasteiger partial charge >= 0.3 is 63.3 Å². The summed E-state index contributed by atoms with van der Waals surface area (Å²) < 4.78 is 11.6. The van der Waals surface area contributed by atoms with Gasteiger partial charge in [-0.15, -0.1) is 0 Å². The fourth-order valence-corrected chi connectivity index (χ4v) is 2.88. The van der Waals surface area contributed by atoms with Crippen molar-refractivity contribution in [1.29, 1.82) is 0 Å². The smallest absolute Gasteiger partial charge is 1.00 e. The Morgan fingerprint density at radius 2 is 0.964 bits per heavy atom. The van der Waals surface area contributed by atoms with Crippen LogP contribution in [0.25, 0.3) is 0 Å². The average Bonchev–Trinajstić information content (AvgIpc) is 2.48. The Balaban J connectivity index is -0.00000338. The molecular weight excluding hydrogens is 379 g/mol. The van der Waals surface area contributed by atoms with Crippen LogP contribution in [-0.2, 0) is 19.1 Å². The van der Waals surface area contributed by atoms with Crippen LogP contribution in [0.4, 0.5) is 0 Å². The predicted octanol–water partition coefficient (Wildman–Crippen LogP) is 3.57. The van der Waals surface area contributed by atoms with E-state index in [9.17, 15) is 9.59 Å². The average molecular weight is 425 g/mol. The van der Waals surface area contributed by atoms with Crippen LogP contribution in [0.3, 0.4) is 0 Å². The van der Waals surface area contributed by atoms with Gasteiger partial charge in [-0.05, 0) is 39.5 Å². The third-order valence-electron chi connectivity index (χ3n) is 6.15. The third-order valence-corrected chi connectivity index (χ3v) is 6.15. The quantitative estimate of drug-likeness (QED) is 0.306. The molecule has 0 heterocycles. The van der Waals surface area contributed by atoms with Gasteiger partial charge in [0.15, 0.2) is 0 Å². The molecule has 28 heavy (non-hydrogen) atoms. The van der Waals surface area contributed by atoms with Crippen molar-refractivity contribution in [3.63, 3.8) is 0 Å². The van der Waals surface area contributed by atoms with E-state index in [1.54, 1.807) is 0 Å². The normalized spacial score (nSPS) is 16.4. The number of rotatable bonds is 10. The van der Waals surface area contributed by atoms with Crippen LogP contribution >= 0.6 is 0 Å². The molecule has 0 fully saturated rings. The maximum Gasteiger partial charge on any atom is 1.00 e. The first kappa shape index (κ1) is 30.8. The minimum absolute atomic E-state index is 0. The Morgan fingerprint density at radius 3 is 1.18 bits per heavy atom. The van der Waals surface area contributed by atoms with E-state index < -0.39 is 23.1 Å². The first-order chi connectivity index (χ1) is 12.1. The summed E-state index contributed by atoms with van der Waals surface area (Å²) in [4.78, 5) is 25.0. The summed E-state index contributed by atoms with van der Waals surface area (Å²) in [5.41, 5.74) is -1.61. The number of hydrogen-bond acceptors (Lipinski definition) is 4. The van der Waals surface area contributed by atoms with Gasteiger partial charge < -0.3 is 10.9 Å². The van der Waals surface area contributed by atoms with Crippen molar-refractivity contribution in [1.82, 2.24) is 0 Å². The molecule has 0 amide bonds. The van der Waals surface area contributed by atoms with E-state index in [0.29, 0.717) is 0 Å². The minimum Gasteiger partial charge on any atom is -1.00 e. The van der Waals surface area contributed by atoms with E-state index >= 15 is 0 Å². The summed E-state index contributed by atoms with van der Waals surface area (Å²) in [6.45, 7) is 20.6. The number of esters is 2. The molecule has 2 atom stereocenters. The monoisotopic (exact) mass is 424 g/mol. The van der Waals surface area contributed by atoms with Gasteiger partial charge in [0.2, 0.25) is 0 Å². The maximum atomic E-state index is 12.5. The van der Waals surface area contributed by atoms with Gasteiger partial charge in [0.1, 0.15) is 17.6 Å². The van der Waals surface area contributed by atoms with Crippen LogP contribution in [0.1, 0.15) is 116 Å². The van der Waals surface area contributed by atoms with Crippen molar-refractivity contribution in [2.75, 3.05) is 0 Å². The maximum absolute atomic E-state index is 12.5. The fourth-order valence-electron chi connectivity index (χ4n) is 2.88. The Labute approximate surface area is 218 Å². The number of unbranched alkanes of at least 4 members (excludes halogenated alkanes) is 2. The zero-order valence-corrected chi connectivity index (χ0v) is 23.7. The summed E-state index contributed by atoms with van der Waals surface area (Å²) in [5, 5.41) is 0. The second-order valence-electron chi connectivity index (χ2n) is 10.3. The van der Waals surface area contributed by atoms with Crippen LogP contribution in [0, 0.1) is 10.8 Å². The molecule has 0 bridgehead atoms. The number of carbonyl (C=O) groups is 2. The first-order valence-electron chi connectivity index (χ1n) is 10.6. The van der Waals surface area contributed by atoms with Gasteiger partial charge in [-0.3, -0.25) is 9.59 Å². The topological polar surface area (TPSA) is 52.6 Å². The van der Waals surface area contributed by atoms with Gasteiger partial charge in [0.05, 0.1) is 0 Å². The molecule has 0 aliphatic heterocycles. The SMILES string of the molecule is CCCCC(C)(OC(=O)CC(=O)OC(C)(CCCC)C(C)(C)C)C(C)(C)C.[H-].[K+]. The number of carbonyl (C=O) groups excluding carboxylic acids is 2. The largest absolute Gasteiger partial charge is 1.00 e. The molecular formula is C23H45KO4. The predicted molar refractivity (Wildman–Crippen MR) is 113 cm³/mol. The van der Waals surface area contributed by atoms with Crippen molar-refractivity contribution >= 4 is 11.9 Å². The molecule has 0 saturated heterocycles. The molecule has 0 rings (SSSR count). The zero-order valence-electron chi connectivity index (χ0n) is 21.6. The summed E-state index contributed by atoms with van der Waals surface area (Å²) >= 11 is 0. The number of ether oxygens (including phenoxy) is 2. The van der Waals surface area contributed by atoms with Crippen molar-refractivity contribution in [3.8, 4) is 0 Å². The van der Waals surface area contributed by atoms with Crippen LogP contribution in [-0.4, -0.2) is 23.1 Å². The zero-order chi connectivity index (χ0) is 21.5. The van der Waals surface area contributed by atoms with Crippen molar-refractivity contribution in [2.45, 2.75) is 125 Å². The van der Waals surface area contributed by atoms with Crippen molar-refractivity contribution < 1.29 is 71.9 Å². The van der Waals surface area contributed by atoms with Crippen molar-refractivity contribution in [2.24, 2.45) is 10.8 Å². The van der Waals surface area contributed by atoms with Gasteiger partial charge in [-0.25, -0.2) is 0 Å². The van der Waals surface area contributed by atoms with Gasteiger partial charge in [-0.1, -0.05) is 68.2 Å². The molecule has 5 heteroatoms. The molecule has 0 spiro atoms. The Morgan fingerprint density at radius 1 is 0.679 bits per heavy atom. The van der Waals surface area contributed by atoms with E-state index in [2.05, 4.69) is 55.4 Å². The fraction of sp³-hybridized carbons (Fsp3) is 0.913. The van der Waals surface area contributed by atoms with Crippen LogP contribution in [0.2, 0.25) is 0 Å². The number of hydrogen-bond donors (Lipinski definition) is 0. The molecule has 2 unspecified atom stereocenters.